The second-order valence-corrected chi connectivity index (χ2v) is 7.49. The predicted molar refractivity (Wildman–Crippen MR) is 84.6 cm³/mol. The van der Waals surface area contributed by atoms with Gasteiger partial charge in [0.1, 0.15) is 5.60 Å². The summed E-state index contributed by atoms with van der Waals surface area (Å²) in [5, 5.41) is 0. The number of likely N-dealkylation sites (N-methyl/N-ethyl adjacent to an activating group) is 1. The van der Waals surface area contributed by atoms with E-state index in [1.54, 1.807) is 4.90 Å². The maximum atomic E-state index is 12.0. The molecule has 0 saturated carbocycles. The molecule has 6 nitrogen and oxygen atoms in total. The number of hydrogen-bond donors (Lipinski definition) is 0. The summed E-state index contributed by atoms with van der Waals surface area (Å²) in [5.41, 5.74) is -0.444. The summed E-state index contributed by atoms with van der Waals surface area (Å²) in [4.78, 5) is 29.9. The molecule has 2 saturated heterocycles. The first kappa shape index (κ1) is 17.1. The van der Waals surface area contributed by atoms with Crippen LogP contribution in [0.1, 0.15) is 33.6 Å². The summed E-state index contributed by atoms with van der Waals surface area (Å²) in [6, 6.07) is 0. The number of amides is 2. The van der Waals surface area contributed by atoms with Crippen LogP contribution in [0.25, 0.3) is 0 Å². The number of carbonyl (C=O) groups is 2. The zero-order chi connectivity index (χ0) is 16.3. The summed E-state index contributed by atoms with van der Waals surface area (Å²) in [5.74, 6) is 0.717. The summed E-state index contributed by atoms with van der Waals surface area (Å²) in [7, 11) is 1.98. The minimum Gasteiger partial charge on any atom is -0.444 e. The van der Waals surface area contributed by atoms with E-state index < -0.39 is 5.60 Å². The maximum absolute atomic E-state index is 12.0. The molecule has 2 aliphatic rings. The first-order valence-corrected chi connectivity index (χ1v) is 8.19. The first-order valence-electron chi connectivity index (χ1n) is 8.19. The predicted octanol–water partition coefficient (Wildman–Crippen LogP) is 1.41. The van der Waals surface area contributed by atoms with E-state index >= 15 is 0 Å². The Morgan fingerprint density at radius 1 is 1.18 bits per heavy atom. The van der Waals surface area contributed by atoms with Crippen molar-refractivity contribution in [3.8, 4) is 0 Å². The third kappa shape index (κ3) is 4.87. The van der Waals surface area contributed by atoms with E-state index in [9.17, 15) is 9.59 Å². The van der Waals surface area contributed by atoms with E-state index in [-0.39, 0.29) is 12.0 Å². The number of likely N-dealkylation sites (tertiary alicyclic amines) is 1. The van der Waals surface area contributed by atoms with Crippen molar-refractivity contribution in [2.24, 2.45) is 5.92 Å². The topological polar surface area (TPSA) is 53.1 Å². The number of nitrogens with zero attached hydrogens (tertiary/aromatic N) is 3. The largest absolute Gasteiger partial charge is 0.444 e. The number of ether oxygens (including phenoxy) is 1. The highest BCUT2D eigenvalue weighted by atomic mass is 16.6. The molecule has 2 heterocycles. The lowest BCUT2D eigenvalue weighted by atomic mass is 9.96. The number of piperidine rings is 1. The van der Waals surface area contributed by atoms with Crippen molar-refractivity contribution in [1.29, 1.82) is 0 Å². The van der Waals surface area contributed by atoms with E-state index in [2.05, 4.69) is 4.90 Å². The van der Waals surface area contributed by atoms with Crippen LogP contribution in [0.15, 0.2) is 0 Å². The molecule has 0 unspecified atom stereocenters. The third-order valence-corrected chi connectivity index (χ3v) is 4.25. The fourth-order valence-corrected chi connectivity index (χ4v) is 2.96. The molecule has 2 aliphatic heterocycles. The van der Waals surface area contributed by atoms with Gasteiger partial charge in [0, 0.05) is 32.7 Å². The molecule has 0 aliphatic carbocycles. The lowest BCUT2D eigenvalue weighted by Crippen LogP contribution is -2.51. The maximum Gasteiger partial charge on any atom is 0.410 e. The number of carbonyl (C=O) groups excluding carboxylic acids is 2. The molecule has 126 valence electrons. The lowest BCUT2D eigenvalue weighted by molar-refractivity contribution is -0.136. The van der Waals surface area contributed by atoms with E-state index in [0.29, 0.717) is 12.5 Å². The fraction of sp³-hybridized carbons (Fsp3) is 0.875. The van der Waals surface area contributed by atoms with Crippen LogP contribution < -0.4 is 0 Å². The fourth-order valence-electron chi connectivity index (χ4n) is 2.96. The molecule has 2 rings (SSSR count). The van der Waals surface area contributed by atoms with E-state index in [0.717, 1.165) is 45.6 Å². The molecule has 0 bridgehead atoms. The van der Waals surface area contributed by atoms with Gasteiger partial charge in [-0.05, 0) is 46.6 Å². The summed E-state index contributed by atoms with van der Waals surface area (Å²) in [6.07, 6.45) is 1.67. The van der Waals surface area contributed by atoms with Crippen LogP contribution in [0.4, 0.5) is 4.79 Å². The molecule has 0 radical (unpaired) electrons. The van der Waals surface area contributed by atoms with Crippen molar-refractivity contribution < 1.29 is 14.3 Å². The van der Waals surface area contributed by atoms with Crippen LogP contribution in [0.5, 0.6) is 0 Å². The van der Waals surface area contributed by atoms with Crippen molar-refractivity contribution in [1.82, 2.24) is 14.7 Å². The molecule has 0 aromatic heterocycles. The molecular weight excluding hydrogens is 282 g/mol. The normalized spacial score (nSPS) is 22.1. The minimum absolute atomic E-state index is 0.221. The Morgan fingerprint density at radius 2 is 1.82 bits per heavy atom. The van der Waals surface area contributed by atoms with Crippen molar-refractivity contribution in [3.63, 3.8) is 0 Å². The van der Waals surface area contributed by atoms with Gasteiger partial charge in [0.2, 0.25) is 5.91 Å². The van der Waals surface area contributed by atoms with Crippen LogP contribution in [0.3, 0.4) is 0 Å². The Morgan fingerprint density at radius 3 is 2.36 bits per heavy atom. The second kappa shape index (κ2) is 6.86. The van der Waals surface area contributed by atoms with Gasteiger partial charge in [-0.2, -0.15) is 0 Å². The van der Waals surface area contributed by atoms with Crippen LogP contribution in [0, 0.1) is 5.92 Å². The van der Waals surface area contributed by atoms with Gasteiger partial charge in [0.15, 0.2) is 0 Å². The van der Waals surface area contributed by atoms with Crippen molar-refractivity contribution in [3.05, 3.63) is 0 Å². The molecule has 0 N–H and O–H groups in total. The Labute approximate surface area is 133 Å². The first-order chi connectivity index (χ1) is 10.2. The second-order valence-electron chi connectivity index (χ2n) is 7.49. The van der Waals surface area contributed by atoms with Crippen molar-refractivity contribution >= 4 is 12.0 Å². The van der Waals surface area contributed by atoms with Gasteiger partial charge in [0.25, 0.3) is 0 Å². The third-order valence-electron chi connectivity index (χ3n) is 4.25. The van der Waals surface area contributed by atoms with E-state index in [1.807, 2.05) is 32.7 Å². The van der Waals surface area contributed by atoms with Crippen molar-refractivity contribution in [2.45, 2.75) is 39.2 Å². The highest BCUT2D eigenvalue weighted by molar-refractivity contribution is 5.79. The Kier molecular flexibility index (Phi) is 5.32. The Hall–Kier alpha value is -1.30. The smallest absolute Gasteiger partial charge is 0.410 e. The average Bonchev–Trinajstić information content (AvgIpc) is 2.41. The molecule has 2 fully saturated rings. The summed E-state index contributed by atoms with van der Waals surface area (Å²) in [6.45, 7) is 10.2. The van der Waals surface area contributed by atoms with E-state index in [4.69, 9.17) is 4.74 Å². The molecule has 2 amide bonds. The molecular formula is C16H29N3O3. The van der Waals surface area contributed by atoms with E-state index in [1.165, 1.54) is 0 Å². The zero-order valence-corrected chi connectivity index (χ0v) is 14.3. The van der Waals surface area contributed by atoms with Gasteiger partial charge in [0.05, 0.1) is 6.54 Å². The average molecular weight is 311 g/mol. The molecule has 0 atom stereocenters. The van der Waals surface area contributed by atoms with Crippen LogP contribution >= 0.6 is 0 Å². The Bertz CT molecular complexity index is 411. The minimum atomic E-state index is -0.444. The number of piperazine rings is 1. The quantitative estimate of drug-likeness (QED) is 0.774. The van der Waals surface area contributed by atoms with Crippen LogP contribution in [-0.4, -0.2) is 78.6 Å². The van der Waals surface area contributed by atoms with Crippen LogP contribution in [-0.2, 0) is 9.53 Å². The lowest BCUT2D eigenvalue weighted by Gasteiger charge is -2.38. The monoisotopic (exact) mass is 311 g/mol. The molecule has 22 heavy (non-hydrogen) atoms. The molecule has 0 spiro atoms. The van der Waals surface area contributed by atoms with Gasteiger partial charge in [-0.1, -0.05) is 0 Å². The SMILES string of the molecule is CN1CCN(CC2CCN(C(=O)OC(C)(C)C)CC2)C(=O)C1. The van der Waals surface area contributed by atoms with Gasteiger partial charge in [-0.15, -0.1) is 0 Å². The van der Waals surface area contributed by atoms with Crippen LogP contribution in [0.2, 0.25) is 0 Å². The highest BCUT2D eigenvalue weighted by Gasteiger charge is 2.29. The number of rotatable bonds is 2. The van der Waals surface area contributed by atoms with Gasteiger partial charge in [-0.25, -0.2) is 4.79 Å². The highest BCUT2D eigenvalue weighted by Crippen LogP contribution is 2.21. The van der Waals surface area contributed by atoms with Crippen molar-refractivity contribution in [2.75, 3.05) is 46.3 Å². The summed E-state index contributed by atoms with van der Waals surface area (Å²) < 4.78 is 5.41. The number of hydrogen-bond acceptors (Lipinski definition) is 4. The molecule has 6 heteroatoms. The molecule has 0 aromatic carbocycles. The Balaban J connectivity index is 1.75. The van der Waals surface area contributed by atoms with Gasteiger partial charge in [-0.3, -0.25) is 9.69 Å². The molecule has 0 aromatic rings. The standard InChI is InChI=1S/C16H29N3O3/c1-16(2,3)22-15(21)18-7-5-13(6-8-18)11-19-10-9-17(4)12-14(19)20/h13H,5-12H2,1-4H3. The zero-order valence-electron chi connectivity index (χ0n) is 14.3. The van der Waals surface area contributed by atoms with Gasteiger partial charge < -0.3 is 14.5 Å². The van der Waals surface area contributed by atoms with Gasteiger partial charge >= 0.3 is 6.09 Å². The summed E-state index contributed by atoms with van der Waals surface area (Å²) >= 11 is 0.